The van der Waals surface area contributed by atoms with Crippen molar-refractivity contribution in [2.45, 2.75) is 18.6 Å². The van der Waals surface area contributed by atoms with Crippen molar-refractivity contribution < 1.29 is 4.79 Å². The van der Waals surface area contributed by atoms with Crippen LogP contribution in [-0.4, -0.2) is 30.2 Å². The quantitative estimate of drug-likeness (QED) is 0.312. The first-order valence-corrected chi connectivity index (χ1v) is 11.5. The Labute approximate surface area is 195 Å². The Balaban J connectivity index is 1.71. The lowest BCUT2D eigenvalue weighted by molar-refractivity contribution is 0.102. The van der Waals surface area contributed by atoms with Gasteiger partial charge in [0.1, 0.15) is 0 Å². The summed E-state index contributed by atoms with van der Waals surface area (Å²) in [5, 5.41) is 0.515. The molecule has 168 valence electrons. The maximum atomic E-state index is 12.9. The molecule has 2 aromatic heterocycles. The van der Waals surface area contributed by atoms with Gasteiger partial charge in [0.25, 0.3) is 5.56 Å². The molecule has 0 bridgehead atoms. The zero-order valence-corrected chi connectivity index (χ0v) is 19.5. The maximum absolute atomic E-state index is 12.9. The minimum absolute atomic E-state index is 0.0276. The van der Waals surface area contributed by atoms with Gasteiger partial charge in [0.05, 0.1) is 5.75 Å². The van der Waals surface area contributed by atoms with Crippen molar-refractivity contribution in [3.05, 3.63) is 98.2 Å². The molecule has 0 aliphatic rings. The lowest BCUT2D eigenvalue weighted by Crippen LogP contribution is -2.37. The van der Waals surface area contributed by atoms with Gasteiger partial charge < -0.3 is 4.57 Å². The second kappa shape index (κ2) is 9.46. The summed E-state index contributed by atoms with van der Waals surface area (Å²) >= 11 is 1.26. The summed E-state index contributed by atoms with van der Waals surface area (Å²) in [7, 11) is 3.04. The van der Waals surface area contributed by atoms with Gasteiger partial charge in [-0.05, 0) is 12.5 Å². The summed E-state index contributed by atoms with van der Waals surface area (Å²) in [5.74, 6) is 0.142. The minimum Gasteiger partial charge on any atom is -0.309 e. The zero-order chi connectivity index (χ0) is 23.5. The van der Waals surface area contributed by atoms with Crippen molar-refractivity contribution in [1.82, 2.24) is 18.7 Å². The molecule has 0 unspecified atom stereocenters. The van der Waals surface area contributed by atoms with Crippen LogP contribution in [-0.2, 0) is 20.6 Å². The first-order valence-electron chi connectivity index (χ1n) is 10.5. The third kappa shape index (κ3) is 4.61. The van der Waals surface area contributed by atoms with Crippen LogP contribution in [0.5, 0.6) is 0 Å². The van der Waals surface area contributed by atoms with Gasteiger partial charge in [-0.2, -0.15) is 0 Å². The third-order valence-corrected chi connectivity index (χ3v) is 6.39. The molecule has 2 aromatic carbocycles. The van der Waals surface area contributed by atoms with Crippen LogP contribution in [0.3, 0.4) is 0 Å². The standard InChI is InChI=1S/C25H24N4O3S/c1-17-11-13-19(14-12-17)20(30)16-33-24-26-22-21(23(31)28(3)25(32)27(22)2)29(24)15-7-10-18-8-5-4-6-9-18/h4-14H,15-16H2,1-3H3. The number of hydrogen-bond donors (Lipinski definition) is 0. The predicted octanol–water partition coefficient (Wildman–Crippen LogP) is 3.43. The van der Waals surface area contributed by atoms with Crippen molar-refractivity contribution in [3.63, 3.8) is 0 Å². The van der Waals surface area contributed by atoms with Crippen molar-refractivity contribution in [2.75, 3.05) is 5.75 Å². The van der Waals surface area contributed by atoms with Gasteiger partial charge in [-0.15, -0.1) is 0 Å². The van der Waals surface area contributed by atoms with E-state index in [-0.39, 0.29) is 11.5 Å². The average Bonchev–Trinajstić information content (AvgIpc) is 3.19. The number of imidazole rings is 1. The van der Waals surface area contributed by atoms with Gasteiger partial charge in [-0.25, -0.2) is 9.78 Å². The molecule has 0 radical (unpaired) electrons. The van der Waals surface area contributed by atoms with E-state index < -0.39 is 11.2 Å². The molecule has 2 heterocycles. The van der Waals surface area contributed by atoms with Crippen LogP contribution in [0.25, 0.3) is 17.2 Å². The van der Waals surface area contributed by atoms with Gasteiger partial charge in [0, 0.05) is 26.2 Å². The Bertz CT molecular complexity index is 1460. The van der Waals surface area contributed by atoms with E-state index >= 15 is 0 Å². The summed E-state index contributed by atoms with van der Waals surface area (Å²) < 4.78 is 4.21. The Kier molecular flexibility index (Phi) is 6.46. The van der Waals surface area contributed by atoms with E-state index in [2.05, 4.69) is 4.98 Å². The fraction of sp³-hybridized carbons (Fsp3) is 0.200. The van der Waals surface area contributed by atoms with E-state index in [0.29, 0.717) is 28.4 Å². The predicted molar refractivity (Wildman–Crippen MR) is 132 cm³/mol. The summed E-state index contributed by atoms with van der Waals surface area (Å²) in [5.41, 5.74) is 2.54. The second-order valence-electron chi connectivity index (χ2n) is 7.77. The highest BCUT2D eigenvalue weighted by Crippen LogP contribution is 2.23. The van der Waals surface area contributed by atoms with E-state index in [1.54, 1.807) is 11.6 Å². The number of carbonyl (C=O) groups is 1. The van der Waals surface area contributed by atoms with Crippen LogP contribution < -0.4 is 11.2 Å². The van der Waals surface area contributed by atoms with E-state index in [0.717, 1.165) is 15.7 Å². The molecule has 4 aromatic rings. The van der Waals surface area contributed by atoms with Gasteiger partial charge in [-0.1, -0.05) is 84.1 Å². The van der Waals surface area contributed by atoms with E-state index in [9.17, 15) is 14.4 Å². The number of aryl methyl sites for hydroxylation is 2. The summed E-state index contributed by atoms with van der Waals surface area (Å²) in [6.45, 7) is 2.35. The van der Waals surface area contributed by atoms with Crippen LogP contribution in [0, 0.1) is 6.92 Å². The molecule has 0 N–H and O–H groups in total. The number of carbonyl (C=O) groups excluding carboxylic acids is 1. The molecule has 7 nitrogen and oxygen atoms in total. The fourth-order valence-corrected chi connectivity index (χ4v) is 4.42. The summed E-state index contributed by atoms with van der Waals surface area (Å²) in [4.78, 5) is 42.6. The van der Waals surface area contributed by atoms with Crippen molar-refractivity contribution >= 4 is 34.8 Å². The number of hydrogen-bond acceptors (Lipinski definition) is 5. The summed E-state index contributed by atoms with van der Waals surface area (Å²) in [6, 6.07) is 17.3. The average molecular weight is 461 g/mol. The lowest BCUT2D eigenvalue weighted by atomic mass is 10.1. The van der Waals surface area contributed by atoms with Crippen LogP contribution in [0.4, 0.5) is 0 Å². The van der Waals surface area contributed by atoms with E-state index in [1.165, 1.54) is 23.4 Å². The smallest absolute Gasteiger partial charge is 0.309 e. The largest absolute Gasteiger partial charge is 0.332 e. The molecule has 0 saturated heterocycles. The molecule has 0 spiro atoms. The monoisotopic (exact) mass is 460 g/mol. The highest BCUT2D eigenvalue weighted by atomic mass is 32.2. The van der Waals surface area contributed by atoms with Crippen molar-refractivity contribution in [3.8, 4) is 0 Å². The Morgan fingerprint density at radius 3 is 2.39 bits per heavy atom. The number of rotatable bonds is 7. The Hall–Kier alpha value is -3.65. The number of ketones is 1. The molecule has 33 heavy (non-hydrogen) atoms. The third-order valence-electron chi connectivity index (χ3n) is 5.42. The van der Waals surface area contributed by atoms with E-state index in [1.807, 2.05) is 73.7 Å². The Morgan fingerprint density at radius 2 is 1.70 bits per heavy atom. The second-order valence-corrected chi connectivity index (χ2v) is 8.72. The molecule has 4 rings (SSSR count). The van der Waals surface area contributed by atoms with E-state index in [4.69, 9.17) is 0 Å². The number of benzene rings is 2. The van der Waals surface area contributed by atoms with Crippen molar-refractivity contribution in [2.24, 2.45) is 14.1 Å². The normalized spacial score (nSPS) is 11.5. The Morgan fingerprint density at radius 1 is 1.00 bits per heavy atom. The first-order chi connectivity index (χ1) is 15.9. The summed E-state index contributed by atoms with van der Waals surface area (Å²) in [6.07, 6.45) is 3.90. The van der Waals surface area contributed by atoms with Crippen LogP contribution in [0.1, 0.15) is 21.5 Å². The van der Waals surface area contributed by atoms with Gasteiger partial charge in [-0.3, -0.25) is 18.7 Å². The number of Topliss-reactive ketones (excluding diaryl/α,β-unsaturated/α-hetero) is 1. The minimum atomic E-state index is -0.441. The molecule has 0 aliphatic heterocycles. The molecule has 0 amide bonds. The van der Waals surface area contributed by atoms with Crippen LogP contribution in [0.15, 0.2) is 75.4 Å². The molecular formula is C25H24N4O3S. The van der Waals surface area contributed by atoms with Crippen molar-refractivity contribution in [1.29, 1.82) is 0 Å². The topological polar surface area (TPSA) is 78.9 Å². The zero-order valence-electron chi connectivity index (χ0n) is 18.7. The lowest BCUT2D eigenvalue weighted by Gasteiger charge is -2.07. The van der Waals surface area contributed by atoms with Gasteiger partial charge in [0.15, 0.2) is 22.1 Å². The number of aromatic nitrogens is 4. The molecule has 8 heteroatoms. The maximum Gasteiger partial charge on any atom is 0.332 e. The van der Waals surface area contributed by atoms with Gasteiger partial charge in [0.2, 0.25) is 0 Å². The number of fused-ring (bicyclic) bond motifs is 1. The van der Waals surface area contributed by atoms with Crippen LogP contribution in [0.2, 0.25) is 0 Å². The fourth-order valence-electron chi connectivity index (χ4n) is 3.52. The molecule has 0 saturated carbocycles. The number of thioether (sulfide) groups is 1. The SMILES string of the molecule is Cc1ccc(C(=O)CSc2nc3c(c(=O)n(C)c(=O)n3C)n2CC=Cc2ccccc2)cc1. The highest BCUT2D eigenvalue weighted by molar-refractivity contribution is 7.99. The van der Waals surface area contributed by atoms with Gasteiger partial charge >= 0.3 is 5.69 Å². The number of nitrogens with zero attached hydrogens (tertiary/aromatic N) is 4. The molecule has 0 aliphatic carbocycles. The number of allylic oxidation sites excluding steroid dienone is 1. The molecular weight excluding hydrogens is 436 g/mol. The molecule has 0 fully saturated rings. The van der Waals surface area contributed by atoms with Crippen LogP contribution >= 0.6 is 11.8 Å². The first kappa shape index (κ1) is 22.5. The molecule has 0 atom stereocenters. The highest BCUT2D eigenvalue weighted by Gasteiger charge is 2.20.